The van der Waals surface area contributed by atoms with E-state index in [4.69, 9.17) is 21.1 Å². The quantitative estimate of drug-likeness (QED) is 0.690. The van der Waals surface area contributed by atoms with Crippen molar-refractivity contribution in [3.63, 3.8) is 0 Å². The lowest BCUT2D eigenvalue weighted by Crippen LogP contribution is -2.29. The molecular weight excluding hydrogens is 411 g/mol. The number of carbonyl (C=O) groups is 1. The Morgan fingerprint density at radius 1 is 1.17 bits per heavy atom. The van der Waals surface area contributed by atoms with Crippen LogP contribution in [-0.4, -0.2) is 28.7 Å². The largest absolute Gasteiger partial charge is 0.486 e. The molecule has 0 aliphatic carbocycles. The van der Waals surface area contributed by atoms with E-state index in [1.54, 1.807) is 24.3 Å². The number of fused-ring (bicyclic) bond motifs is 2. The van der Waals surface area contributed by atoms with Gasteiger partial charge < -0.3 is 19.4 Å². The molecule has 2 heterocycles. The van der Waals surface area contributed by atoms with Crippen LogP contribution in [0.15, 0.2) is 36.4 Å². The number of nitrogens with one attached hydrogen (secondary N) is 1. The van der Waals surface area contributed by atoms with Crippen molar-refractivity contribution in [2.24, 2.45) is 0 Å². The van der Waals surface area contributed by atoms with Crippen LogP contribution < -0.4 is 14.8 Å². The molecule has 0 saturated carbocycles. The van der Waals surface area contributed by atoms with Crippen molar-refractivity contribution in [2.45, 2.75) is 19.3 Å². The lowest BCUT2D eigenvalue weighted by Gasteiger charge is -2.18. The molecule has 0 saturated heterocycles. The van der Waals surface area contributed by atoms with Gasteiger partial charge in [-0.25, -0.2) is 4.98 Å². The summed E-state index contributed by atoms with van der Waals surface area (Å²) in [6.07, 6.45) is -4.73. The summed E-state index contributed by atoms with van der Waals surface area (Å²) in [7, 11) is 0. The number of hydrogen-bond acceptors (Lipinski definition) is 4. The third-order valence-electron chi connectivity index (χ3n) is 4.40. The zero-order valence-corrected chi connectivity index (χ0v) is 15.7. The van der Waals surface area contributed by atoms with Crippen molar-refractivity contribution in [3.05, 3.63) is 52.8 Å². The molecule has 0 radical (unpaired) electrons. The molecule has 0 atom stereocenters. The van der Waals surface area contributed by atoms with Crippen LogP contribution in [0.3, 0.4) is 0 Å². The molecule has 1 aromatic heterocycles. The predicted molar refractivity (Wildman–Crippen MR) is 99.0 cm³/mol. The lowest BCUT2D eigenvalue weighted by atomic mass is 10.2. The summed E-state index contributed by atoms with van der Waals surface area (Å²) >= 11 is 6.04. The van der Waals surface area contributed by atoms with Gasteiger partial charge in [0.1, 0.15) is 19.8 Å². The van der Waals surface area contributed by atoms with Gasteiger partial charge in [-0.1, -0.05) is 29.8 Å². The number of imidazole rings is 1. The van der Waals surface area contributed by atoms with Gasteiger partial charge in [0, 0.05) is 23.7 Å². The second-order valence-electron chi connectivity index (χ2n) is 6.37. The van der Waals surface area contributed by atoms with Crippen LogP contribution in [0.4, 0.5) is 13.2 Å². The highest BCUT2D eigenvalue weighted by Gasteiger charge is 2.38. The number of halogens is 4. The summed E-state index contributed by atoms with van der Waals surface area (Å²) in [5.41, 5.74) is 0.864. The number of amides is 1. The summed E-state index contributed by atoms with van der Waals surface area (Å²) in [6, 6.07) is 9.68. The number of alkyl halides is 3. The summed E-state index contributed by atoms with van der Waals surface area (Å²) in [6.45, 7) is 0.126. The Labute approximate surface area is 168 Å². The van der Waals surface area contributed by atoms with Gasteiger partial charge in [-0.05, 0) is 11.6 Å². The van der Waals surface area contributed by atoms with E-state index in [2.05, 4.69) is 10.3 Å². The molecule has 0 fully saturated rings. The fourth-order valence-electron chi connectivity index (χ4n) is 3.07. The minimum Gasteiger partial charge on any atom is -0.486 e. The molecule has 10 heteroatoms. The third kappa shape index (κ3) is 3.95. The maximum atomic E-state index is 13.5. The molecule has 1 N–H and O–H groups in total. The zero-order chi connectivity index (χ0) is 20.6. The highest BCUT2D eigenvalue weighted by atomic mass is 35.5. The summed E-state index contributed by atoms with van der Waals surface area (Å²) < 4.78 is 52.2. The van der Waals surface area contributed by atoms with E-state index in [1.807, 2.05) is 0 Å². The van der Waals surface area contributed by atoms with Crippen molar-refractivity contribution in [1.29, 1.82) is 0 Å². The van der Waals surface area contributed by atoms with Gasteiger partial charge in [0.2, 0.25) is 11.7 Å². The molecule has 29 heavy (non-hydrogen) atoms. The topological polar surface area (TPSA) is 65.4 Å². The minimum absolute atomic E-state index is 0.0699. The second kappa shape index (κ2) is 7.47. The van der Waals surface area contributed by atoms with E-state index in [-0.39, 0.29) is 24.2 Å². The Morgan fingerprint density at radius 2 is 1.86 bits per heavy atom. The van der Waals surface area contributed by atoms with E-state index in [0.29, 0.717) is 28.7 Å². The lowest BCUT2D eigenvalue weighted by molar-refractivity contribution is -0.147. The van der Waals surface area contributed by atoms with Gasteiger partial charge in [-0.3, -0.25) is 4.79 Å². The predicted octanol–water partition coefficient (Wildman–Crippen LogP) is 3.80. The standard InChI is InChI=1S/C19H15ClF3N3O3/c20-12-4-2-1-3-11(12)9-24-17(27)10-26-14-8-16-15(28-5-6-29-16)7-13(14)25-18(26)19(21,22)23/h1-4,7-8H,5-6,9-10H2,(H,24,27). The van der Waals surface area contributed by atoms with Crippen LogP contribution in [0.1, 0.15) is 11.4 Å². The van der Waals surface area contributed by atoms with Crippen LogP contribution in [0.2, 0.25) is 5.02 Å². The van der Waals surface area contributed by atoms with E-state index in [1.165, 1.54) is 12.1 Å². The molecule has 2 aromatic carbocycles. The zero-order valence-electron chi connectivity index (χ0n) is 14.9. The van der Waals surface area contributed by atoms with E-state index in [0.717, 1.165) is 4.57 Å². The molecule has 0 spiro atoms. The maximum absolute atomic E-state index is 13.5. The van der Waals surface area contributed by atoms with E-state index in [9.17, 15) is 18.0 Å². The number of rotatable bonds is 4. The van der Waals surface area contributed by atoms with Gasteiger partial charge in [0.25, 0.3) is 0 Å². The first-order valence-electron chi connectivity index (χ1n) is 8.70. The molecule has 6 nitrogen and oxygen atoms in total. The highest BCUT2D eigenvalue weighted by molar-refractivity contribution is 6.31. The van der Waals surface area contributed by atoms with Crippen molar-refractivity contribution in [1.82, 2.24) is 14.9 Å². The first-order chi connectivity index (χ1) is 13.8. The van der Waals surface area contributed by atoms with Crippen LogP contribution >= 0.6 is 11.6 Å². The van der Waals surface area contributed by atoms with Gasteiger partial charge in [0.15, 0.2) is 11.5 Å². The maximum Gasteiger partial charge on any atom is 0.449 e. The number of carbonyl (C=O) groups excluding carboxylic acids is 1. The molecule has 1 aliphatic rings. The normalized spacial score (nSPS) is 13.5. The second-order valence-corrected chi connectivity index (χ2v) is 6.78. The minimum atomic E-state index is -4.73. The highest BCUT2D eigenvalue weighted by Crippen LogP contribution is 2.38. The fourth-order valence-corrected chi connectivity index (χ4v) is 3.28. The molecule has 152 valence electrons. The van der Waals surface area contributed by atoms with E-state index < -0.39 is 24.5 Å². The SMILES string of the molecule is O=C(Cn1c(C(F)(F)F)nc2cc3c(cc21)OCCO3)NCc1ccccc1Cl. The molecule has 0 unspecified atom stereocenters. The summed E-state index contributed by atoms with van der Waals surface area (Å²) in [4.78, 5) is 16.1. The molecule has 0 bridgehead atoms. The average molecular weight is 426 g/mol. The molecular formula is C19H15ClF3N3O3. The molecule has 3 aromatic rings. The fraction of sp³-hybridized carbons (Fsp3) is 0.263. The number of nitrogens with zero attached hydrogens (tertiary/aromatic N) is 2. The van der Waals surface area contributed by atoms with Crippen LogP contribution in [0, 0.1) is 0 Å². The third-order valence-corrected chi connectivity index (χ3v) is 4.77. The van der Waals surface area contributed by atoms with Crippen LogP contribution in [0.5, 0.6) is 11.5 Å². The Hall–Kier alpha value is -2.94. The average Bonchev–Trinajstić information content (AvgIpc) is 3.03. The van der Waals surface area contributed by atoms with Crippen LogP contribution in [-0.2, 0) is 24.1 Å². The van der Waals surface area contributed by atoms with Gasteiger partial charge in [-0.2, -0.15) is 13.2 Å². The smallest absolute Gasteiger partial charge is 0.449 e. The molecule has 4 rings (SSSR count). The molecule has 1 aliphatic heterocycles. The Morgan fingerprint density at radius 3 is 2.55 bits per heavy atom. The van der Waals surface area contributed by atoms with Crippen molar-refractivity contribution in [2.75, 3.05) is 13.2 Å². The number of hydrogen-bond donors (Lipinski definition) is 1. The van der Waals surface area contributed by atoms with Gasteiger partial charge >= 0.3 is 6.18 Å². The van der Waals surface area contributed by atoms with Crippen molar-refractivity contribution in [3.8, 4) is 11.5 Å². The Balaban J connectivity index is 1.64. The number of aromatic nitrogens is 2. The van der Waals surface area contributed by atoms with E-state index >= 15 is 0 Å². The first-order valence-corrected chi connectivity index (χ1v) is 9.08. The Kier molecular flexibility index (Phi) is 4.99. The van der Waals surface area contributed by atoms with Gasteiger partial charge in [-0.15, -0.1) is 0 Å². The summed E-state index contributed by atoms with van der Waals surface area (Å²) in [5, 5.41) is 3.05. The number of benzene rings is 2. The Bertz CT molecular complexity index is 1080. The van der Waals surface area contributed by atoms with Crippen LogP contribution in [0.25, 0.3) is 11.0 Å². The van der Waals surface area contributed by atoms with Crippen molar-refractivity contribution < 1.29 is 27.4 Å². The number of ether oxygens (including phenoxy) is 2. The van der Waals surface area contributed by atoms with Crippen molar-refractivity contribution >= 4 is 28.5 Å². The summed E-state index contributed by atoms with van der Waals surface area (Å²) in [5.74, 6) is -1.13. The van der Waals surface area contributed by atoms with Gasteiger partial charge in [0.05, 0.1) is 11.0 Å². The molecule has 1 amide bonds. The first kappa shape index (κ1) is 19.4. The monoisotopic (exact) mass is 425 g/mol.